The van der Waals surface area contributed by atoms with Gasteiger partial charge in [-0.3, -0.25) is 4.79 Å². The zero-order valence-corrected chi connectivity index (χ0v) is 14.3. The summed E-state index contributed by atoms with van der Waals surface area (Å²) >= 11 is 0. The number of amides is 1. The average molecular weight is 334 g/mol. The maximum atomic E-state index is 12.8. The van der Waals surface area contributed by atoms with Gasteiger partial charge in [-0.25, -0.2) is 4.98 Å². The number of aromatic nitrogens is 2. The quantitative estimate of drug-likeness (QED) is 0.863. The first kappa shape index (κ1) is 15.9. The van der Waals surface area contributed by atoms with Crippen LogP contribution in [0, 0.1) is 17.2 Å². The fourth-order valence-electron chi connectivity index (χ4n) is 3.69. The standard InChI is InChI=1S/C20H22N4O/c21-12-16-3-1-4-17(11-16)20(25)24-9-2-5-18(14-24)19-22-8-10-23(19)13-15-6-7-15/h1,3-4,8,10-11,15,18H,2,5-7,9,13-14H2. The van der Waals surface area contributed by atoms with Crippen LogP contribution in [0.5, 0.6) is 0 Å². The molecule has 1 atom stereocenters. The van der Waals surface area contributed by atoms with Gasteiger partial charge >= 0.3 is 0 Å². The second kappa shape index (κ2) is 6.72. The van der Waals surface area contributed by atoms with Crippen molar-refractivity contribution in [3.63, 3.8) is 0 Å². The summed E-state index contributed by atoms with van der Waals surface area (Å²) in [6.07, 6.45) is 8.66. The number of nitriles is 1. The fourth-order valence-corrected chi connectivity index (χ4v) is 3.69. The minimum Gasteiger partial charge on any atom is -0.338 e. The molecule has 1 aromatic heterocycles. The molecular formula is C20H22N4O. The molecule has 2 heterocycles. The number of rotatable bonds is 4. The van der Waals surface area contributed by atoms with E-state index >= 15 is 0 Å². The van der Waals surface area contributed by atoms with Crippen molar-refractivity contribution in [2.24, 2.45) is 5.92 Å². The highest BCUT2D eigenvalue weighted by Gasteiger charge is 2.29. The number of benzene rings is 1. The van der Waals surface area contributed by atoms with E-state index in [1.54, 1.807) is 24.3 Å². The lowest BCUT2D eigenvalue weighted by Gasteiger charge is -2.33. The van der Waals surface area contributed by atoms with Crippen molar-refractivity contribution in [2.75, 3.05) is 13.1 Å². The van der Waals surface area contributed by atoms with Gasteiger partial charge < -0.3 is 9.47 Å². The normalized spacial score (nSPS) is 20.3. The molecule has 2 aromatic rings. The molecule has 2 aliphatic rings. The molecule has 0 bridgehead atoms. The summed E-state index contributed by atoms with van der Waals surface area (Å²) in [5.41, 5.74) is 1.13. The summed E-state index contributed by atoms with van der Waals surface area (Å²) < 4.78 is 2.28. The Kier molecular flexibility index (Phi) is 4.27. The molecule has 4 rings (SSSR count). The molecule has 128 valence electrons. The third kappa shape index (κ3) is 3.43. The van der Waals surface area contributed by atoms with Crippen molar-refractivity contribution in [1.82, 2.24) is 14.5 Å². The Hall–Kier alpha value is -2.61. The average Bonchev–Trinajstić information content (AvgIpc) is 3.36. The molecule has 1 saturated heterocycles. The van der Waals surface area contributed by atoms with Gasteiger partial charge in [0, 0.05) is 43.5 Å². The van der Waals surface area contributed by atoms with Crippen LogP contribution in [0.1, 0.15) is 53.3 Å². The number of hydrogen-bond donors (Lipinski definition) is 0. The van der Waals surface area contributed by atoms with Crippen molar-refractivity contribution >= 4 is 5.91 Å². The van der Waals surface area contributed by atoms with E-state index < -0.39 is 0 Å². The maximum absolute atomic E-state index is 12.8. The highest BCUT2D eigenvalue weighted by Crippen LogP contribution is 2.33. The van der Waals surface area contributed by atoms with Gasteiger partial charge in [0.15, 0.2) is 0 Å². The van der Waals surface area contributed by atoms with Gasteiger partial charge in [0.05, 0.1) is 11.6 Å². The monoisotopic (exact) mass is 334 g/mol. The van der Waals surface area contributed by atoms with Crippen LogP contribution in [0.25, 0.3) is 0 Å². The molecular weight excluding hydrogens is 312 g/mol. The summed E-state index contributed by atoms with van der Waals surface area (Å²) in [5, 5.41) is 9.04. The number of likely N-dealkylation sites (tertiary alicyclic amines) is 1. The molecule has 0 spiro atoms. The fraction of sp³-hybridized carbons (Fsp3) is 0.450. The Balaban J connectivity index is 1.50. The number of nitrogens with zero attached hydrogens (tertiary/aromatic N) is 4. The smallest absolute Gasteiger partial charge is 0.253 e. The van der Waals surface area contributed by atoms with Crippen LogP contribution in [-0.4, -0.2) is 33.4 Å². The van der Waals surface area contributed by atoms with E-state index in [4.69, 9.17) is 5.26 Å². The molecule has 5 heteroatoms. The Morgan fingerprint density at radius 2 is 2.20 bits per heavy atom. The van der Waals surface area contributed by atoms with Crippen LogP contribution in [0.15, 0.2) is 36.7 Å². The van der Waals surface area contributed by atoms with E-state index in [2.05, 4.69) is 21.8 Å². The molecule has 0 N–H and O–H groups in total. The molecule has 1 aromatic carbocycles. The second-order valence-electron chi connectivity index (χ2n) is 7.16. The van der Waals surface area contributed by atoms with Crippen LogP contribution >= 0.6 is 0 Å². The second-order valence-corrected chi connectivity index (χ2v) is 7.16. The highest BCUT2D eigenvalue weighted by atomic mass is 16.2. The lowest BCUT2D eigenvalue weighted by molar-refractivity contribution is 0.0703. The van der Waals surface area contributed by atoms with E-state index in [0.29, 0.717) is 23.6 Å². The minimum absolute atomic E-state index is 0.0158. The predicted molar refractivity (Wildman–Crippen MR) is 94.0 cm³/mol. The minimum atomic E-state index is 0.0158. The molecule has 1 aliphatic carbocycles. The largest absolute Gasteiger partial charge is 0.338 e. The van der Waals surface area contributed by atoms with Crippen LogP contribution in [0.3, 0.4) is 0 Å². The van der Waals surface area contributed by atoms with Crippen LogP contribution in [-0.2, 0) is 6.54 Å². The summed E-state index contributed by atoms with van der Waals surface area (Å²) in [5.74, 6) is 2.24. The zero-order valence-electron chi connectivity index (χ0n) is 14.3. The summed E-state index contributed by atoms with van der Waals surface area (Å²) in [7, 11) is 0. The molecule has 1 aliphatic heterocycles. The van der Waals surface area contributed by atoms with Crippen LogP contribution < -0.4 is 0 Å². The Labute approximate surface area is 147 Å². The van der Waals surface area contributed by atoms with Crippen molar-refractivity contribution in [1.29, 1.82) is 5.26 Å². The van der Waals surface area contributed by atoms with Crippen molar-refractivity contribution < 1.29 is 4.79 Å². The van der Waals surface area contributed by atoms with Crippen molar-refractivity contribution in [2.45, 2.75) is 38.1 Å². The number of imidazole rings is 1. The number of piperidine rings is 1. The van der Waals surface area contributed by atoms with Gasteiger partial charge in [0.2, 0.25) is 0 Å². The van der Waals surface area contributed by atoms with Gasteiger partial charge in [-0.2, -0.15) is 5.26 Å². The molecule has 5 nitrogen and oxygen atoms in total. The molecule has 0 radical (unpaired) electrons. The van der Waals surface area contributed by atoms with E-state index in [0.717, 1.165) is 37.7 Å². The van der Waals surface area contributed by atoms with Crippen LogP contribution in [0.4, 0.5) is 0 Å². The van der Waals surface area contributed by atoms with E-state index in [1.165, 1.54) is 12.8 Å². The lowest BCUT2D eigenvalue weighted by atomic mass is 9.96. The topological polar surface area (TPSA) is 61.9 Å². The molecule has 1 unspecified atom stereocenters. The predicted octanol–water partition coefficient (Wildman–Crippen LogP) is 3.18. The van der Waals surface area contributed by atoms with Crippen molar-refractivity contribution in [3.05, 3.63) is 53.6 Å². The maximum Gasteiger partial charge on any atom is 0.253 e. The van der Waals surface area contributed by atoms with Gasteiger partial charge in [-0.15, -0.1) is 0 Å². The first-order chi connectivity index (χ1) is 12.2. The van der Waals surface area contributed by atoms with Gasteiger partial charge in [-0.1, -0.05) is 6.07 Å². The summed E-state index contributed by atoms with van der Waals surface area (Å²) in [4.78, 5) is 19.4. The lowest BCUT2D eigenvalue weighted by Crippen LogP contribution is -2.39. The van der Waals surface area contributed by atoms with E-state index in [-0.39, 0.29) is 5.91 Å². The first-order valence-corrected chi connectivity index (χ1v) is 9.05. The van der Waals surface area contributed by atoms with E-state index in [9.17, 15) is 4.79 Å². The molecule has 2 fully saturated rings. The van der Waals surface area contributed by atoms with E-state index in [1.807, 2.05) is 11.1 Å². The van der Waals surface area contributed by atoms with Gasteiger partial charge in [-0.05, 0) is 49.8 Å². The van der Waals surface area contributed by atoms with Crippen molar-refractivity contribution in [3.8, 4) is 6.07 Å². The number of hydrogen-bond acceptors (Lipinski definition) is 3. The molecule has 1 amide bonds. The Morgan fingerprint density at radius 1 is 1.32 bits per heavy atom. The third-order valence-corrected chi connectivity index (χ3v) is 5.21. The first-order valence-electron chi connectivity index (χ1n) is 9.05. The number of carbonyl (C=O) groups is 1. The summed E-state index contributed by atoms with van der Waals surface area (Å²) in [6.45, 7) is 2.54. The Bertz CT molecular complexity index is 815. The number of carbonyl (C=O) groups excluding carboxylic acids is 1. The molecule has 25 heavy (non-hydrogen) atoms. The van der Waals surface area contributed by atoms with Crippen LogP contribution in [0.2, 0.25) is 0 Å². The van der Waals surface area contributed by atoms with Gasteiger partial charge in [0.1, 0.15) is 5.82 Å². The highest BCUT2D eigenvalue weighted by molar-refractivity contribution is 5.94. The summed E-state index contributed by atoms with van der Waals surface area (Å²) in [6, 6.07) is 9.08. The molecule has 1 saturated carbocycles. The third-order valence-electron chi connectivity index (χ3n) is 5.21. The Morgan fingerprint density at radius 3 is 3.00 bits per heavy atom. The SMILES string of the molecule is N#Cc1cccc(C(=O)N2CCCC(c3nccn3CC3CC3)C2)c1. The van der Waals surface area contributed by atoms with Gasteiger partial charge in [0.25, 0.3) is 5.91 Å². The zero-order chi connectivity index (χ0) is 17.2.